The summed E-state index contributed by atoms with van der Waals surface area (Å²) in [6.45, 7) is 2.18. The number of aromatic nitrogens is 4. The highest BCUT2D eigenvalue weighted by Crippen LogP contribution is 2.25. The van der Waals surface area contributed by atoms with E-state index in [1.165, 1.54) is 11.8 Å². The van der Waals surface area contributed by atoms with E-state index >= 15 is 0 Å². The molecule has 0 bridgehead atoms. The van der Waals surface area contributed by atoms with Gasteiger partial charge in [0.05, 0.1) is 23.1 Å². The van der Waals surface area contributed by atoms with Gasteiger partial charge in [-0.05, 0) is 24.0 Å². The molecule has 0 spiro atoms. The first-order valence-corrected chi connectivity index (χ1v) is 9.91. The quantitative estimate of drug-likeness (QED) is 0.531. The van der Waals surface area contributed by atoms with E-state index in [0.29, 0.717) is 16.7 Å². The van der Waals surface area contributed by atoms with E-state index < -0.39 is 0 Å². The average molecular weight is 388 g/mol. The standard InChI is InChI=1S/C18H18ClN5OS/c1-26-18-21-15-6-7-24(10-14(15)17(25)22-18)9-12-8-20-23-16(12)11-2-4-13(19)5-3-11/h2-5,8H,6-7,9-10H2,1H3,(H,20,23)(H,21,22,25). The van der Waals surface area contributed by atoms with E-state index in [-0.39, 0.29) is 5.56 Å². The highest BCUT2D eigenvalue weighted by Gasteiger charge is 2.22. The van der Waals surface area contributed by atoms with Crippen LogP contribution < -0.4 is 5.56 Å². The van der Waals surface area contributed by atoms with Gasteiger partial charge in [-0.25, -0.2) is 4.98 Å². The van der Waals surface area contributed by atoms with Crippen LogP contribution in [0.1, 0.15) is 16.8 Å². The van der Waals surface area contributed by atoms with E-state index in [1.54, 1.807) is 0 Å². The van der Waals surface area contributed by atoms with Crippen LogP contribution in [0.5, 0.6) is 0 Å². The minimum atomic E-state index is -0.0332. The summed E-state index contributed by atoms with van der Waals surface area (Å²) in [6, 6.07) is 7.69. The Morgan fingerprint density at radius 2 is 2.12 bits per heavy atom. The summed E-state index contributed by atoms with van der Waals surface area (Å²) in [5.74, 6) is 0. The molecular weight excluding hydrogens is 370 g/mol. The fourth-order valence-corrected chi connectivity index (χ4v) is 3.75. The zero-order valence-electron chi connectivity index (χ0n) is 14.3. The maximum Gasteiger partial charge on any atom is 0.256 e. The molecule has 0 unspecified atom stereocenters. The van der Waals surface area contributed by atoms with Gasteiger partial charge >= 0.3 is 0 Å². The zero-order valence-corrected chi connectivity index (χ0v) is 15.8. The first-order valence-electron chi connectivity index (χ1n) is 8.30. The molecule has 3 heterocycles. The van der Waals surface area contributed by atoms with Crippen molar-refractivity contribution in [1.82, 2.24) is 25.1 Å². The molecule has 0 saturated carbocycles. The third-order valence-electron chi connectivity index (χ3n) is 4.56. The lowest BCUT2D eigenvalue weighted by molar-refractivity contribution is 0.241. The van der Waals surface area contributed by atoms with Gasteiger partial charge in [0.2, 0.25) is 0 Å². The van der Waals surface area contributed by atoms with Gasteiger partial charge in [-0.2, -0.15) is 5.10 Å². The Hall–Kier alpha value is -2.09. The second kappa shape index (κ2) is 7.26. The number of aromatic amines is 2. The molecule has 0 atom stereocenters. The van der Waals surface area contributed by atoms with Crippen LogP contribution in [0.25, 0.3) is 11.3 Å². The van der Waals surface area contributed by atoms with Crippen LogP contribution in [0.4, 0.5) is 0 Å². The van der Waals surface area contributed by atoms with Crippen molar-refractivity contribution in [1.29, 1.82) is 0 Å². The van der Waals surface area contributed by atoms with Gasteiger partial charge in [-0.15, -0.1) is 0 Å². The third-order valence-corrected chi connectivity index (χ3v) is 5.40. The third kappa shape index (κ3) is 3.42. The molecule has 0 aliphatic carbocycles. The highest BCUT2D eigenvalue weighted by atomic mass is 35.5. The van der Waals surface area contributed by atoms with Crippen molar-refractivity contribution in [3.63, 3.8) is 0 Å². The molecule has 26 heavy (non-hydrogen) atoms. The average Bonchev–Trinajstić information content (AvgIpc) is 3.10. The normalized spacial score (nSPS) is 14.4. The molecule has 0 fully saturated rings. The Kier molecular flexibility index (Phi) is 4.84. The number of thioether (sulfide) groups is 1. The van der Waals surface area contributed by atoms with Crippen molar-refractivity contribution in [3.05, 3.63) is 62.7 Å². The Morgan fingerprint density at radius 3 is 2.88 bits per heavy atom. The van der Waals surface area contributed by atoms with Gasteiger partial charge in [0.25, 0.3) is 5.56 Å². The van der Waals surface area contributed by atoms with Gasteiger partial charge in [0.15, 0.2) is 5.16 Å². The second-order valence-corrected chi connectivity index (χ2v) is 7.47. The number of nitrogens with zero attached hydrogens (tertiary/aromatic N) is 3. The fraction of sp³-hybridized carbons (Fsp3) is 0.278. The van der Waals surface area contributed by atoms with Crippen LogP contribution >= 0.6 is 23.4 Å². The number of benzene rings is 1. The lowest BCUT2D eigenvalue weighted by Gasteiger charge is -2.27. The van der Waals surface area contributed by atoms with Crippen LogP contribution in [0.15, 0.2) is 40.4 Å². The SMILES string of the molecule is CSc1nc2c(c(=O)[nH]1)CN(Cc1cn[nH]c1-c1ccc(Cl)cc1)CC2. The molecule has 1 aliphatic heterocycles. The van der Waals surface area contributed by atoms with E-state index in [0.717, 1.165) is 47.6 Å². The van der Waals surface area contributed by atoms with Gasteiger partial charge in [-0.3, -0.25) is 14.8 Å². The number of hydrogen-bond acceptors (Lipinski definition) is 5. The molecule has 0 saturated heterocycles. The van der Waals surface area contributed by atoms with Crippen molar-refractivity contribution in [2.75, 3.05) is 12.8 Å². The maximum absolute atomic E-state index is 12.3. The smallest absolute Gasteiger partial charge is 0.256 e. The Morgan fingerprint density at radius 1 is 1.31 bits per heavy atom. The number of nitrogens with one attached hydrogen (secondary N) is 2. The van der Waals surface area contributed by atoms with Gasteiger partial charge in [-0.1, -0.05) is 35.5 Å². The first-order chi connectivity index (χ1) is 12.6. The summed E-state index contributed by atoms with van der Waals surface area (Å²) in [7, 11) is 0. The summed E-state index contributed by atoms with van der Waals surface area (Å²) >= 11 is 7.44. The molecular formula is C18H18ClN5OS. The molecule has 134 valence electrons. The second-order valence-electron chi connectivity index (χ2n) is 6.24. The Balaban J connectivity index is 1.56. The molecule has 3 aromatic rings. The Bertz CT molecular complexity index is 982. The maximum atomic E-state index is 12.3. The Labute approximate surface area is 160 Å². The van der Waals surface area contributed by atoms with Crippen LogP contribution in [-0.2, 0) is 19.5 Å². The number of H-pyrrole nitrogens is 2. The molecule has 2 N–H and O–H groups in total. The number of fused-ring (bicyclic) bond motifs is 1. The van der Waals surface area contributed by atoms with Crippen LogP contribution in [0.3, 0.4) is 0 Å². The van der Waals surface area contributed by atoms with E-state index in [4.69, 9.17) is 11.6 Å². The number of halogens is 1. The minimum absolute atomic E-state index is 0.0332. The molecule has 1 aliphatic rings. The van der Waals surface area contributed by atoms with Crippen molar-refractivity contribution in [3.8, 4) is 11.3 Å². The number of hydrogen-bond donors (Lipinski definition) is 2. The van der Waals surface area contributed by atoms with Gasteiger partial charge < -0.3 is 4.98 Å². The molecule has 6 nitrogen and oxygen atoms in total. The monoisotopic (exact) mass is 387 g/mol. The highest BCUT2D eigenvalue weighted by molar-refractivity contribution is 7.98. The molecule has 4 rings (SSSR count). The summed E-state index contributed by atoms with van der Waals surface area (Å²) in [5, 5.41) is 8.67. The van der Waals surface area contributed by atoms with Gasteiger partial charge in [0.1, 0.15) is 0 Å². The predicted octanol–water partition coefficient (Wildman–Crippen LogP) is 3.09. The summed E-state index contributed by atoms with van der Waals surface area (Å²) in [6.07, 6.45) is 4.54. The molecule has 1 aromatic carbocycles. The van der Waals surface area contributed by atoms with Crippen molar-refractivity contribution in [2.45, 2.75) is 24.7 Å². The van der Waals surface area contributed by atoms with E-state index in [9.17, 15) is 4.79 Å². The van der Waals surface area contributed by atoms with Crippen LogP contribution in [0, 0.1) is 0 Å². The number of rotatable bonds is 4. The van der Waals surface area contributed by atoms with E-state index in [1.807, 2.05) is 36.7 Å². The molecule has 0 amide bonds. The molecule has 2 aromatic heterocycles. The molecule has 0 radical (unpaired) electrons. The minimum Gasteiger partial charge on any atom is -0.301 e. The van der Waals surface area contributed by atoms with Crippen molar-refractivity contribution < 1.29 is 0 Å². The zero-order chi connectivity index (χ0) is 18.1. The topological polar surface area (TPSA) is 77.7 Å². The van der Waals surface area contributed by atoms with Crippen molar-refractivity contribution >= 4 is 23.4 Å². The summed E-state index contributed by atoms with van der Waals surface area (Å²) in [4.78, 5) is 22.0. The van der Waals surface area contributed by atoms with E-state index in [2.05, 4.69) is 25.1 Å². The fourth-order valence-electron chi connectivity index (χ4n) is 3.23. The predicted molar refractivity (Wildman–Crippen MR) is 103 cm³/mol. The molecule has 8 heteroatoms. The van der Waals surface area contributed by atoms with Crippen LogP contribution in [-0.4, -0.2) is 37.9 Å². The van der Waals surface area contributed by atoms with Crippen LogP contribution in [0.2, 0.25) is 5.02 Å². The first kappa shape index (κ1) is 17.3. The lowest BCUT2D eigenvalue weighted by Crippen LogP contribution is -2.35. The largest absolute Gasteiger partial charge is 0.301 e. The van der Waals surface area contributed by atoms with Crippen molar-refractivity contribution in [2.24, 2.45) is 0 Å². The summed E-state index contributed by atoms with van der Waals surface area (Å²) in [5.41, 5.74) is 4.78. The summed E-state index contributed by atoms with van der Waals surface area (Å²) < 4.78 is 0. The van der Waals surface area contributed by atoms with Gasteiger partial charge in [0, 0.05) is 36.6 Å². The lowest BCUT2D eigenvalue weighted by atomic mass is 10.0.